The van der Waals surface area contributed by atoms with Gasteiger partial charge in [0.15, 0.2) is 0 Å². The smallest absolute Gasteiger partial charge is 0.406 e. The van der Waals surface area contributed by atoms with Gasteiger partial charge >= 0.3 is 6.36 Å². The molecule has 0 bridgehead atoms. The number of halogens is 4. The second-order valence-corrected chi connectivity index (χ2v) is 4.53. The number of hydrogen-bond acceptors (Lipinski definition) is 2. The van der Waals surface area contributed by atoms with E-state index in [9.17, 15) is 22.7 Å². The maximum atomic E-state index is 13.5. The van der Waals surface area contributed by atoms with Gasteiger partial charge in [-0.05, 0) is 41.8 Å². The van der Waals surface area contributed by atoms with Crippen LogP contribution in [0.5, 0.6) is 5.75 Å². The molecule has 0 heterocycles. The molecule has 0 aliphatic carbocycles. The molecule has 0 aromatic heterocycles. The first-order chi connectivity index (χ1) is 9.76. The summed E-state index contributed by atoms with van der Waals surface area (Å²) in [6, 6.07) is 9.10. The fraction of sp³-hybridized carbons (Fsp3) is 0.200. The summed E-state index contributed by atoms with van der Waals surface area (Å²) in [5.41, 5.74) is 0.849. The van der Waals surface area contributed by atoms with E-state index in [-0.39, 0.29) is 11.1 Å². The molecule has 0 aliphatic heterocycles. The molecule has 1 unspecified atom stereocenters. The van der Waals surface area contributed by atoms with Gasteiger partial charge in [0.1, 0.15) is 17.7 Å². The van der Waals surface area contributed by atoms with E-state index in [1.54, 1.807) is 6.92 Å². The molecule has 1 N–H and O–H groups in total. The van der Waals surface area contributed by atoms with Crippen LogP contribution in [-0.2, 0) is 0 Å². The van der Waals surface area contributed by atoms with Gasteiger partial charge in [-0.3, -0.25) is 0 Å². The third kappa shape index (κ3) is 3.95. The predicted octanol–water partition coefficient (Wildman–Crippen LogP) is 4.11. The van der Waals surface area contributed by atoms with E-state index >= 15 is 0 Å². The number of alkyl halides is 3. The second kappa shape index (κ2) is 5.73. The van der Waals surface area contributed by atoms with E-state index < -0.39 is 24.0 Å². The monoisotopic (exact) mass is 300 g/mol. The average Bonchev–Trinajstić information content (AvgIpc) is 2.39. The molecular formula is C15H12F4O2. The Morgan fingerprint density at radius 3 is 2.33 bits per heavy atom. The molecule has 6 heteroatoms. The second-order valence-electron chi connectivity index (χ2n) is 4.53. The minimum absolute atomic E-state index is 0.181. The summed E-state index contributed by atoms with van der Waals surface area (Å²) >= 11 is 0. The van der Waals surface area contributed by atoms with Crippen molar-refractivity contribution in [3.63, 3.8) is 0 Å². The molecule has 0 amide bonds. The molecule has 21 heavy (non-hydrogen) atoms. The average molecular weight is 300 g/mol. The normalized spacial score (nSPS) is 13.0. The molecule has 112 valence electrons. The van der Waals surface area contributed by atoms with Crippen molar-refractivity contribution in [2.24, 2.45) is 0 Å². The predicted molar refractivity (Wildman–Crippen MR) is 68.3 cm³/mol. The van der Waals surface area contributed by atoms with E-state index in [0.29, 0.717) is 5.56 Å². The highest BCUT2D eigenvalue weighted by Crippen LogP contribution is 2.28. The Hall–Kier alpha value is -2.08. The van der Waals surface area contributed by atoms with E-state index in [0.717, 1.165) is 18.2 Å². The molecule has 0 spiro atoms. The first kappa shape index (κ1) is 15.3. The molecule has 0 radical (unpaired) electrons. The Morgan fingerprint density at radius 1 is 1.05 bits per heavy atom. The minimum Gasteiger partial charge on any atom is -0.406 e. The van der Waals surface area contributed by atoms with Crippen LogP contribution < -0.4 is 4.74 Å². The van der Waals surface area contributed by atoms with Crippen LogP contribution in [0.25, 0.3) is 0 Å². The summed E-state index contributed by atoms with van der Waals surface area (Å²) in [7, 11) is 0. The van der Waals surface area contributed by atoms with E-state index in [4.69, 9.17) is 0 Å². The zero-order valence-corrected chi connectivity index (χ0v) is 11.0. The van der Waals surface area contributed by atoms with Crippen LogP contribution in [0, 0.1) is 12.7 Å². The SMILES string of the molecule is Cc1ccc(C(O)c2cccc(OC(F)(F)F)c2)cc1F. The summed E-state index contributed by atoms with van der Waals surface area (Å²) < 4.78 is 53.7. The van der Waals surface area contributed by atoms with Crippen molar-refractivity contribution in [2.45, 2.75) is 19.4 Å². The van der Waals surface area contributed by atoms with E-state index in [2.05, 4.69) is 4.74 Å². The Balaban J connectivity index is 2.28. The number of aryl methyl sites for hydroxylation is 1. The molecule has 1 atom stereocenters. The number of aliphatic hydroxyl groups excluding tert-OH is 1. The Morgan fingerprint density at radius 2 is 1.71 bits per heavy atom. The fourth-order valence-corrected chi connectivity index (χ4v) is 1.85. The zero-order chi connectivity index (χ0) is 15.6. The Bertz CT molecular complexity index is 638. The van der Waals surface area contributed by atoms with Crippen molar-refractivity contribution in [1.82, 2.24) is 0 Å². The van der Waals surface area contributed by atoms with Gasteiger partial charge in [0.2, 0.25) is 0 Å². The van der Waals surface area contributed by atoms with Gasteiger partial charge in [0.25, 0.3) is 0 Å². The number of ether oxygens (including phenoxy) is 1. The van der Waals surface area contributed by atoms with Crippen LogP contribution in [-0.4, -0.2) is 11.5 Å². The number of benzene rings is 2. The van der Waals surface area contributed by atoms with Crippen LogP contribution in [0.3, 0.4) is 0 Å². The largest absolute Gasteiger partial charge is 0.573 e. The molecule has 0 saturated heterocycles. The first-order valence-electron chi connectivity index (χ1n) is 6.06. The quantitative estimate of drug-likeness (QED) is 0.864. The molecule has 2 nitrogen and oxygen atoms in total. The Kier molecular flexibility index (Phi) is 4.18. The highest BCUT2D eigenvalue weighted by Gasteiger charge is 2.31. The summed E-state index contributed by atoms with van der Waals surface area (Å²) in [5, 5.41) is 10.1. The first-order valence-corrected chi connectivity index (χ1v) is 6.06. The van der Waals surface area contributed by atoms with Gasteiger partial charge in [0.05, 0.1) is 0 Å². The minimum atomic E-state index is -4.81. The van der Waals surface area contributed by atoms with Crippen molar-refractivity contribution in [3.8, 4) is 5.75 Å². The van der Waals surface area contributed by atoms with Crippen LogP contribution in [0.2, 0.25) is 0 Å². The van der Waals surface area contributed by atoms with Gasteiger partial charge in [-0.2, -0.15) is 0 Å². The van der Waals surface area contributed by atoms with Gasteiger partial charge in [-0.15, -0.1) is 13.2 Å². The van der Waals surface area contributed by atoms with Crippen molar-refractivity contribution < 1.29 is 27.4 Å². The third-order valence-electron chi connectivity index (χ3n) is 2.92. The standard InChI is InChI=1S/C15H12F4O2/c1-9-5-6-11(8-13(9)16)14(20)10-3-2-4-12(7-10)21-15(17,18)19/h2-8,14,20H,1H3. The van der Waals surface area contributed by atoms with E-state index in [1.807, 2.05) is 0 Å². The highest BCUT2D eigenvalue weighted by atomic mass is 19.4. The van der Waals surface area contributed by atoms with Gasteiger partial charge in [-0.25, -0.2) is 4.39 Å². The van der Waals surface area contributed by atoms with Crippen molar-refractivity contribution >= 4 is 0 Å². The number of aliphatic hydroxyl groups is 1. The van der Waals surface area contributed by atoms with Crippen LogP contribution >= 0.6 is 0 Å². The topological polar surface area (TPSA) is 29.5 Å². The van der Waals surface area contributed by atoms with Crippen molar-refractivity contribution in [2.75, 3.05) is 0 Å². The molecule has 0 fully saturated rings. The molecule has 2 rings (SSSR count). The number of rotatable bonds is 3. The van der Waals surface area contributed by atoms with Crippen LogP contribution in [0.4, 0.5) is 17.6 Å². The Labute approximate surface area is 118 Å². The lowest BCUT2D eigenvalue weighted by Gasteiger charge is -2.14. The summed E-state index contributed by atoms with van der Waals surface area (Å²) in [5.74, 6) is -0.930. The molecule has 0 aliphatic rings. The third-order valence-corrected chi connectivity index (χ3v) is 2.92. The van der Waals surface area contributed by atoms with Gasteiger partial charge in [-0.1, -0.05) is 24.3 Å². The highest BCUT2D eigenvalue weighted by molar-refractivity contribution is 5.36. The van der Waals surface area contributed by atoms with Crippen LogP contribution in [0.15, 0.2) is 42.5 Å². The lowest BCUT2D eigenvalue weighted by atomic mass is 10.00. The maximum Gasteiger partial charge on any atom is 0.573 e. The zero-order valence-electron chi connectivity index (χ0n) is 11.0. The maximum absolute atomic E-state index is 13.5. The van der Waals surface area contributed by atoms with Crippen molar-refractivity contribution in [1.29, 1.82) is 0 Å². The fourth-order valence-electron chi connectivity index (χ4n) is 1.85. The molecule has 0 saturated carbocycles. The summed E-state index contributed by atoms with van der Waals surface area (Å²) in [6.07, 6.45) is -6.05. The summed E-state index contributed by atoms with van der Waals surface area (Å²) in [6.45, 7) is 1.57. The molecule has 2 aromatic carbocycles. The summed E-state index contributed by atoms with van der Waals surface area (Å²) in [4.78, 5) is 0. The van der Waals surface area contributed by atoms with Crippen LogP contribution in [0.1, 0.15) is 22.8 Å². The van der Waals surface area contributed by atoms with Gasteiger partial charge in [0, 0.05) is 0 Å². The number of hydrogen-bond donors (Lipinski definition) is 1. The van der Waals surface area contributed by atoms with E-state index in [1.165, 1.54) is 24.3 Å². The molecule has 2 aromatic rings. The molecular weight excluding hydrogens is 288 g/mol. The van der Waals surface area contributed by atoms with Crippen molar-refractivity contribution in [3.05, 3.63) is 65.0 Å². The lowest BCUT2D eigenvalue weighted by Crippen LogP contribution is -2.17. The lowest BCUT2D eigenvalue weighted by molar-refractivity contribution is -0.274. The van der Waals surface area contributed by atoms with Gasteiger partial charge < -0.3 is 9.84 Å².